The first-order valence-corrected chi connectivity index (χ1v) is 21.1. The molecule has 11 aromatic rings. The molecule has 0 N–H and O–H groups in total. The van der Waals surface area contributed by atoms with Crippen LogP contribution in [0.15, 0.2) is 229 Å². The van der Waals surface area contributed by atoms with Crippen LogP contribution in [0.25, 0.3) is 77.2 Å². The number of hydrogen-bond acceptors (Lipinski definition) is 2. The average Bonchev–Trinajstić information content (AvgIpc) is 3.96. The van der Waals surface area contributed by atoms with E-state index in [9.17, 15) is 0 Å². The second kappa shape index (κ2) is 13.0. The summed E-state index contributed by atoms with van der Waals surface area (Å²) in [5, 5.41) is 4.61. The van der Waals surface area contributed by atoms with E-state index in [1.807, 2.05) is 0 Å². The van der Waals surface area contributed by atoms with Crippen LogP contribution in [0.4, 0.5) is 17.1 Å². The molecule has 2 nitrogen and oxygen atoms in total. The first-order chi connectivity index (χ1) is 30.3. The Balaban J connectivity index is 1.13. The van der Waals surface area contributed by atoms with E-state index in [2.05, 4.69) is 229 Å². The van der Waals surface area contributed by atoms with Crippen molar-refractivity contribution in [2.75, 3.05) is 4.90 Å². The van der Waals surface area contributed by atoms with E-state index in [4.69, 9.17) is 4.42 Å². The smallest absolute Gasteiger partial charge is 0.136 e. The van der Waals surface area contributed by atoms with E-state index in [0.717, 1.165) is 44.6 Å². The molecular formula is C59H37NO. The molecule has 1 aromatic heterocycles. The lowest BCUT2D eigenvalue weighted by atomic mass is 9.70. The molecule has 1 heterocycles. The van der Waals surface area contributed by atoms with Crippen molar-refractivity contribution in [1.82, 2.24) is 0 Å². The molecule has 10 aromatic carbocycles. The predicted molar refractivity (Wildman–Crippen MR) is 253 cm³/mol. The Hall–Kier alpha value is -7.94. The number of para-hydroxylation sites is 1. The van der Waals surface area contributed by atoms with Gasteiger partial charge in [-0.2, -0.15) is 0 Å². The number of benzene rings is 10. The van der Waals surface area contributed by atoms with Gasteiger partial charge in [-0.15, -0.1) is 0 Å². The second-order valence-corrected chi connectivity index (χ2v) is 16.3. The SMILES string of the molecule is c1ccc(-c2ccc(N(c3ccc4c(c3)C3(c5ccccc5-c5ccccc53)c3ccccc3-4)c3ccc4oc5ccccc5c4c3-c3cccc4ccccc34)cc2)cc1. The number of fused-ring (bicyclic) bond motifs is 14. The monoisotopic (exact) mass is 775 g/mol. The minimum absolute atomic E-state index is 0.471. The summed E-state index contributed by atoms with van der Waals surface area (Å²) >= 11 is 0. The van der Waals surface area contributed by atoms with Gasteiger partial charge in [-0.05, 0) is 114 Å². The summed E-state index contributed by atoms with van der Waals surface area (Å²) < 4.78 is 6.65. The molecule has 0 saturated carbocycles. The molecule has 0 saturated heterocycles. The van der Waals surface area contributed by atoms with Crippen LogP contribution < -0.4 is 4.90 Å². The molecule has 0 bridgehead atoms. The fourth-order valence-electron chi connectivity index (χ4n) is 10.8. The summed E-state index contributed by atoms with van der Waals surface area (Å²) in [5.41, 5.74) is 19.7. The van der Waals surface area contributed by atoms with Gasteiger partial charge in [-0.1, -0.05) is 182 Å². The van der Waals surface area contributed by atoms with Crippen LogP contribution in [-0.2, 0) is 5.41 Å². The van der Waals surface area contributed by atoms with Crippen LogP contribution in [0.3, 0.4) is 0 Å². The first kappa shape index (κ1) is 34.0. The highest BCUT2D eigenvalue weighted by atomic mass is 16.3. The summed E-state index contributed by atoms with van der Waals surface area (Å²) in [4.78, 5) is 2.48. The maximum Gasteiger partial charge on any atom is 0.136 e. The number of furan rings is 1. The lowest BCUT2D eigenvalue weighted by molar-refractivity contribution is 0.669. The Morgan fingerprint density at radius 2 is 0.885 bits per heavy atom. The van der Waals surface area contributed by atoms with Crippen molar-refractivity contribution in [3.8, 4) is 44.5 Å². The van der Waals surface area contributed by atoms with Crippen molar-refractivity contribution in [3.05, 3.63) is 247 Å². The second-order valence-electron chi connectivity index (χ2n) is 16.3. The Bertz CT molecular complexity index is 3470. The first-order valence-electron chi connectivity index (χ1n) is 21.1. The number of anilines is 3. The van der Waals surface area contributed by atoms with Gasteiger partial charge in [0, 0.05) is 27.7 Å². The van der Waals surface area contributed by atoms with Gasteiger partial charge in [0.2, 0.25) is 0 Å². The number of rotatable bonds is 5. The van der Waals surface area contributed by atoms with E-state index in [0.29, 0.717) is 0 Å². The third-order valence-electron chi connectivity index (χ3n) is 13.3. The standard InChI is InChI=1S/C59H37NO/c1-2-15-38(16-3-1)39-29-31-41(32-30-39)60(54-35-36-56-58(49-23-9-13-28-55(49)61-56)57(54)48-24-14-18-40-17-4-5-19-43(40)48)42-33-34-47-46-22-8-12-27-52(46)59(53(47)37-42)50-25-10-6-20-44(50)45-21-7-11-26-51(45)59/h1-37H. The molecule has 0 atom stereocenters. The van der Waals surface area contributed by atoms with Gasteiger partial charge >= 0.3 is 0 Å². The molecule has 0 amide bonds. The van der Waals surface area contributed by atoms with Crippen LogP contribution >= 0.6 is 0 Å². The molecule has 61 heavy (non-hydrogen) atoms. The molecule has 0 aliphatic heterocycles. The molecular weight excluding hydrogens is 739 g/mol. The van der Waals surface area contributed by atoms with Gasteiger partial charge in [0.1, 0.15) is 11.2 Å². The van der Waals surface area contributed by atoms with Crippen molar-refractivity contribution in [2.45, 2.75) is 5.41 Å². The zero-order chi connectivity index (χ0) is 40.1. The van der Waals surface area contributed by atoms with Crippen LogP contribution in [0.5, 0.6) is 0 Å². The minimum atomic E-state index is -0.471. The zero-order valence-corrected chi connectivity index (χ0v) is 33.2. The fraction of sp³-hybridized carbons (Fsp3) is 0.0169. The molecule has 2 heteroatoms. The zero-order valence-electron chi connectivity index (χ0n) is 33.2. The fourth-order valence-corrected chi connectivity index (χ4v) is 10.8. The largest absolute Gasteiger partial charge is 0.456 e. The van der Waals surface area contributed by atoms with E-state index in [1.165, 1.54) is 72.0 Å². The van der Waals surface area contributed by atoms with Crippen molar-refractivity contribution in [2.24, 2.45) is 0 Å². The van der Waals surface area contributed by atoms with Crippen molar-refractivity contribution in [3.63, 3.8) is 0 Å². The number of hydrogen-bond donors (Lipinski definition) is 0. The minimum Gasteiger partial charge on any atom is -0.456 e. The van der Waals surface area contributed by atoms with Crippen molar-refractivity contribution >= 4 is 49.8 Å². The Kier molecular flexibility index (Phi) is 7.26. The van der Waals surface area contributed by atoms with Gasteiger partial charge in [-0.25, -0.2) is 0 Å². The summed E-state index contributed by atoms with van der Waals surface area (Å²) in [7, 11) is 0. The van der Waals surface area contributed by atoms with Crippen molar-refractivity contribution < 1.29 is 4.42 Å². The molecule has 13 rings (SSSR count). The Morgan fingerprint density at radius 1 is 0.344 bits per heavy atom. The molecule has 0 radical (unpaired) electrons. The lowest BCUT2D eigenvalue weighted by Gasteiger charge is -2.33. The molecule has 1 spiro atoms. The Morgan fingerprint density at radius 3 is 1.61 bits per heavy atom. The van der Waals surface area contributed by atoms with Crippen LogP contribution in [0, 0.1) is 0 Å². The molecule has 0 unspecified atom stereocenters. The topological polar surface area (TPSA) is 16.4 Å². The van der Waals surface area contributed by atoms with E-state index in [-0.39, 0.29) is 0 Å². The molecule has 2 aliphatic rings. The van der Waals surface area contributed by atoms with Crippen molar-refractivity contribution in [1.29, 1.82) is 0 Å². The van der Waals surface area contributed by atoms with Crippen LogP contribution in [0.2, 0.25) is 0 Å². The van der Waals surface area contributed by atoms with E-state index in [1.54, 1.807) is 0 Å². The number of nitrogens with zero attached hydrogens (tertiary/aromatic N) is 1. The molecule has 284 valence electrons. The predicted octanol–water partition coefficient (Wildman–Crippen LogP) is 15.9. The molecule has 2 aliphatic carbocycles. The lowest BCUT2D eigenvalue weighted by Crippen LogP contribution is -2.26. The average molecular weight is 776 g/mol. The quantitative estimate of drug-likeness (QED) is 0.173. The van der Waals surface area contributed by atoms with Gasteiger partial charge in [0.15, 0.2) is 0 Å². The highest BCUT2D eigenvalue weighted by molar-refractivity contribution is 6.19. The summed E-state index contributed by atoms with van der Waals surface area (Å²) in [5.74, 6) is 0. The highest BCUT2D eigenvalue weighted by Crippen LogP contribution is 2.63. The third-order valence-corrected chi connectivity index (χ3v) is 13.3. The van der Waals surface area contributed by atoms with E-state index >= 15 is 0 Å². The van der Waals surface area contributed by atoms with Crippen LogP contribution in [-0.4, -0.2) is 0 Å². The van der Waals surface area contributed by atoms with Gasteiger partial charge < -0.3 is 9.32 Å². The van der Waals surface area contributed by atoms with Gasteiger partial charge in [-0.3, -0.25) is 0 Å². The maximum atomic E-state index is 6.65. The summed E-state index contributed by atoms with van der Waals surface area (Å²) in [6.07, 6.45) is 0. The summed E-state index contributed by atoms with van der Waals surface area (Å²) in [6.45, 7) is 0. The highest BCUT2D eigenvalue weighted by Gasteiger charge is 2.51. The Labute approximate surface area is 354 Å². The van der Waals surface area contributed by atoms with Crippen LogP contribution in [0.1, 0.15) is 22.3 Å². The molecule has 0 fully saturated rings. The normalized spacial score (nSPS) is 13.0. The third kappa shape index (κ3) is 4.79. The van der Waals surface area contributed by atoms with E-state index < -0.39 is 5.41 Å². The maximum absolute atomic E-state index is 6.65. The van der Waals surface area contributed by atoms with Gasteiger partial charge in [0.25, 0.3) is 0 Å². The summed E-state index contributed by atoms with van der Waals surface area (Å²) in [6, 6.07) is 82.3. The van der Waals surface area contributed by atoms with Gasteiger partial charge in [0.05, 0.1) is 11.1 Å².